The SMILES string of the molecule is CC1(C)Oc2cc(N)c(N)cc2[C@H](NCCc2ccccc2F)[C@H]1O. The molecule has 0 radical (unpaired) electrons. The number of aliphatic hydroxyl groups excluding tert-OH is 1. The summed E-state index contributed by atoms with van der Waals surface area (Å²) >= 11 is 0. The largest absolute Gasteiger partial charge is 0.485 e. The Morgan fingerprint density at radius 2 is 1.88 bits per heavy atom. The van der Waals surface area contributed by atoms with E-state index in [9.17, 15) is 9.50 Å². The van der Waals surface area contributed by atoms with Crippen molar-refractivity contribution >= 4 is 11.4 Å². The van der Waals surface area contributed by atoms with Crippen molar-refractivity contribution in [2.45, 2.75) is 38.0 Å². The number of halogens is 1. The van der Waals surface area contributed by atoms with E-state index < -0.39 is 11.7 Å². The summed E-state index contributed by atoms with van der Waals surface area (Å²) in [4.78, 5) is 0. The molecule has 2 aromatic carbocycles. The number of ether oxygens (including phenoxy) is 1. The summed E-state index contributed by atoms with van der Waals surface area (Å²) in [6, 6.07) is 9.71. The number of hydrogen-bond donors (Lipinski definition) is 4. The van der Waals surface area contributed by atoms with E-state index in [0.29, 0.717) is 35.7 Å². The Hall–Kier alpha value is -2.31. The summed E-state index contributed by atoms with van der Waals surface area (Å²) in [5, 5.41) is 14.0. The van der Waals surface area contributed by atoms with Crippen LogP contribution in [0.15, 0.2) is 36.4 Å². The fourth-order valence-corrected chi connectivity index (χ4v) is 3.16. The van der Waals surface area contributed by atoms with Crippen LogP contribution < -0.4 is 21.5 Å². The zero-order valence-electron chi connectivity index (χ0n) is 14.4. The van der Waals surface area contributed by atoms with Crippen molar-refractivity contribution in [3.8, 4) is 5.75 Å². The van der Waals surface area contributed by atoms with Gasteiger partial charge >= 0.3 is 0 Å². The molecule has 134 valence electrons. The average Bonchev–Trinajstić information content (AvgIpc) is 2.55. The van der Waals surface area contributed by atoms with E-state index in [1.165, 1.54) is 6.07 Å². The Morgan fingerprint density at radius 1 is 1.20 bits per heavy atom. The smallest absolute Gasteiger partial charge is 0.131 e. The first-order valence-electron chi connectivity index (χ1n) is 8.32. The zero-order valence-corrected chi connectivity index (χ0v) is 14.4. The van der Waals surface area contributed by atoms with Crippen LogP contribution in [0.4, 0.5) is 15.8 Å². The highest BCUT2D eigenvalue weighted by atomic mass is 19.1. The Kier molecular flexibility index (Phi) is 4.58. The van der Waals surface area contributed by atoms with Crippen molar-refractivity contribution in [1.29, 1.82) is 0 Å². The molecule has 0 aromatic heterocycles. The van der Waals surface area contributed by atoms with Gasteiger partial charge in [0.25, 0.3) is 0 Å². The fraction of sp³-hybridized carbons (Fsp3) is 0.368. The molecule has 6 heteroatoms. The highest BCUT2D eigenvalue weighted by Gasteiger charge is 2.42. The van der Waals surface area contributed by atoms with Gasteiger partial charge in [-0.3, -0.25) is 0 Å². The molecule has 0 saturated carbocycles. The van der Waals surface area contributed by atoms with Crippen LogP contribution in [0.3, 0.4) is 0 Å². The maximum atomic E-state index is 13.8. The van der Waals surface area contributed by atoms with Gasteiger partial charge in [-0.1, -0.05) is 18.2 Å². The summed E-state index contributed by atoms with van der Waals surface area (Å²) < 4.78 is 19.7. The van der Waals surface area contributed by atoms with Crippen LogP contribution in [0.2, 0.25) is 0 Å². The molecule has 1 aliphatic rings. The number of anilines is 2. The van der Waals surface area contributed by atoms with Gasteiger partial charge in [-0.25, -0.2) is 4.39 Å². The summed E-state index contributed by atoms with van der Waals surface area (Å²) in [5.74, 6) is 0.375. The van der Waals surface area contributed by atoms with Gasteiger partial charge in [0.2, 0.25) is 0 Å². The second-order valence-corrected chi connectivity index (χ2v) is 6.94. The lowest BCUT2D eigenvalue weighted by Gasteiger charge is -2.42. The normalized spacial score (nSPS) is 21.4. The molecular weight excluding hydrogens is 321 g/mol. The molecule has 0 bridgehead atoms. The second-order valence-electron chi connectivity index (χ2n) is 6.94. The van der Waals surface area contributed by atoms with Crippen LogP contribution in [0, 0.1) is 5.82 Å². The summed E-state index contributed by atoms with van der Waals surface area (Å²) in [7, 11) is 0. The third kappa shape index (κ3) is 3.41. The molecule has 25 heavy (non-hydrogen) atoms. The van der Waals surface area contributed by atoms with Crippen LogP contribution in [0.25, 0.3) is 0 Å². The van der Waals surface area contributed by atoms with Crippen molar-refractivity contribution in [2.75, 3.05) is 18.0 Å². The van der Waals surface area contributed by atoms with Gasteiger partial charge in [-0.15, -0.1) is 0 Å². The monoisotopic (exact) mass is 345 g/mol. The Morgan fingerprint density at radius 3 is 2.60 bits per heavy atom. The third-order valence-corrected chi connectivity index (χ3v) is 4.67. The second kappa shape index (κ2) is 6.54. The van der Waals surface area contributed by atoms with Gasteiger partial charge in [-0.2, -0.15) is 0 Å². The minimum Gasteiger partial charge on any atom is -0.485 e. The lowest BCUT2D eigenvalue weighted by molar-refractivity contribution is -0.0643. The first kappa shape index (κ1) is 17.5. The van der Waals surface area contributed by atoms with Crippen LogP contribution in [0.5, 0.6) is 5.75 Å². The van der Waals surface area contributed by atoms with Crippen LogP contribution in [0.1, 0.15) is 31.0 Å². The fourth-order valence-electron chi connectivity index (χ4n) is 3.16. The lowest BCUT2D eigenvalue weighted by Crippen LogP contribution is -2.52. The van der Waals surface area contributed by atoms with Gasteiger partial charge in [0.1, 0.15) is 23.3 Å². The first-order chi connectivity index (χ1) is 11.8. The van der Waals surface area contributed by atoms with Gasteiger partial charge in [0.05, 0.1) is 17.4 Å². The van der Waals surface area contributed by atoms with Crippen molar-refractivity contribution < 1.29 is 14.2 Å². The molecule has 0 spiro atoms. The van der Waals surface area contributed by atoms with Gasteiger partial charge in [0, 0.05) is 11.6 Å². The number of nitrogen functional groups attached to an aromatic ring is 2. The topological polar surface area (TPSA) is 93.5 Å². The molecule has 2 atom stereocenters. The number of fused-ring (bicyclic) bond motifs is 1. The van der Waals surface area contributed by atoms with Crippen LogP contribution in [-0.2, 0) is 6.42 Å². The Bertz CT molecular complexity index is 779. The number of benzene rings is 2. The van der Waals surface area contributed by atoms with Crippen molar-refractivity contribution in [1.82, 2.24) is 5.32 Å². The van der Waals surface area contributed by atoms with E-state index in [4.69, 9.17) is 16.2 Å². The average molecular weight is 345 g/mol. The maximum absolute atomic E-state index is 13.8. The molecule has 0 fully saturated rings. The third-order valence-electron chi connectivity index (χ3n) is 4.67. The molecule has 5 nitrogen and oxygen atoms in total. The molecule has 0 amide bonds. The molecule has 6 N–H and O–H groups in total. The number of rotatable bonds is 4. The summed E-state index contributed by atoms with van der Waals surface area (Å²) in [5.41, 5.74) is 13.3. The van der Waals surface area contributed by atoms with E-state index >= 15 is 0 Å². The minimum atomic E-state index is -0.788. The summed E-state index contributed by atoms with van der Waals surface area (Å²) in [6.45, 7) is 4.14. The van der Waals surface area contributed by atoms with Gasteiger partial charge in [-0.05, 0) is 44.5 Å². The molecule has 3 rings (SSSR count). The molecule has 1 aliphatic heterocycles. The maximum Gasteiger partial charge on any atom is 0.131 e. The van der Waals surface area contributed by atoms with Crippen molar-refractivity contribution in [2.24, 2.45) is 0 Å². The number of nitrogens with one attached hydrogen (secondary N) is 1. The molecule has 0 saturated heterocycles. The van der Waals surface area contributed by atoms with Crippen molar-refractivity contribution in [3.63, 3.8) is 0 Å². The summed E-state index contributed by atoms with van der Waals surface area (Å²) in [6.07, 6.45) is -0.277. The predicted molar refractivity (Wildman–Crippen MR) is 96.8 cm³/mol. The van der Waals surface area contributed by atoms with Gasteiger partial charge < -0.3 is 26.6 Å². The Balaban J connectivity index is 1.82. The highest BCUT2D eigenvalue weighted by molar-refractivity contribution is 5.68. The number of hydrogen-bond acceptors (Lipinski definition) is 5. The molecule has 1 heterocycles. The zero-order chi connectivity index (χ0) is 18.2. The van der Waals surface area contributed by atoms with E-state index in [-0.39, 0.29) is 11.9 Å². The molecular formula is C19H24FN3O2. The quantitative estimate of drug-likeness (QED) is 0.639. The molecule has 0 aliphatic carbocycles. The molecule has 0 unspecified atom stereocenters. The molecule has 2 aromatic rings. The van der Waals surface area contributed by atoms with E-state index in [1.807, 2.05) is 19.9 Å². The standard InChI is InChI=1S/C19H24FN3O2/c1-19(2)18(24)17(12-9-14(21)15(22)10-16(12)25-19)23-8-7-11-5-3-4-6-13(11)20/h3-6,9-10,17-18,23-24H,7-8,21-22H2,1-2H3/t17-,18+/m0/s1. The Labute approximate surface area is 146 Å². The van der Waals surface area contributed by atoms with E-state index in [0.717, 1.165) is 5.56 Å². The van der Waals surface area contributed by atoms with Gasteiger partial charge in [0.15, 0.2) is 0 Å². The van der Waals surface area contributed by atoms with Crippen molar-refractivity contribution in [3.05, 3.63) is 53.3 Å². The number of aliphatic hydroxyl groups is 1. The van der Waals surface area contributed by atoms with E-state index in [2.05, 4.69) is 5.32 Å². The first-order valence-corrected chi connectivity index (χ1v) is 8.32. The van der Waals surface area contributed by atoms with Crippen LogP contribution in [-0.4, -0.2) is 23.4 Å². The lowest BCUT2D eigenvalue weighted by atomic mass is 9.86. The predicted octanol–water partition coefficient (Wildman–Crippen LogP) is 2.40. The highest BCUT2D eigenvalue weighted by Crippen LogP contribution is 2.42. The minimum absolute atomic E-state index is 0.227. The van der Waals surface area contributed by atoms with Crippen LogP contribution >= 0.6 is 0 Å². The van der Waals surface area contributed by atoms with E-state index in [1.54, 1.807) is 24.3 Å². The number of nitrogens with two attached hydrogens (primary N) is 2.